The van der Waals surface area contributed by atoms with E-state index in [1.807, 2.05) is 60.7 Å². The van der Waals surface area contributed by atoms with Crippen LogP contribution in [-0.2, 0) is 0 Å². The van der Waals surface area contributed by atoms with Crippen molar-refractivity contribution in [3.8, 4) is 11.3 Å². The first-order valence-corrected chi connectivity index (χ1v) is 9.98. The van der Waals surface area contributed by atoms with E-state index in [1.165, 1.54) is 32.1 Å². The standard InChI is InChI=1S/C24H26N2O/c1-17(18-10-4-2-5-11-18)25-24(27)21-16-23(19-12-6-3-7-13-19)26-22-15-9-8-14-20(21)22/h3,6-9,12-18H,2,4-5,10-11H2,1H3,(H,25,27)/t17-/m0/s1. The van der Waals surface area contributed by atoms with Crippen molar-refractivity contribution in [3.63, 3.8) is 0 Å². The molecule has 138 valence electrons. The van der Waals surface area contributed by atoms with E-state index < -0.39 is 0 Å². The average molecular weight is 358 g/mol. The van der Waals surface area contributed by atoms with Crippen molar-refractivity contribution in [2.45, 2.75) is 45.1 Å². The number of carbonyl (C=O) groups is 1. The lowest BCUT2D eigenvalue weighted by Gasteiger charge is -2.28. The molecule has 1 heterocycles. The zero-order valence-corrected chi connectivity index (χ0v) is 15.8. The molecule has 1 aliphatic carbocycles. The van der Waals surface area contributed by atoms with Crippen molar-refractivity contribution < 1.29 is 4.79 Å². The van der Waals surface area contributed by atoms with E-state index in [-0.39, 0.29) is 11.9 Å². The van der Waals surface area contributed by atoms with E-state index >= 15 is 0 Å². The summed E-state index contributed by atoms with van der Waals surface area (Å²) in [6.07, 6.45) is 6.32. The molecular weight excluding hydrogens is 332 g/mol. The molecule has 1 amide bonds. The summed E-state index contributed by atoms with van der Waals surface area (Å²) in [6, 6.07) is 20.1. The van der Waals surface area contributed by atoms with Gasteiger partial charge in [0.2, 0.25) is 0 Å². The number of pyridine rings is 1. The second kappa shape index (κ2) is 7.91. The molecular formula is C24H26N2O. The molecule has 1 atom stereocenters. The number of nitrogens with zero attached hydrogens (tertiary/aromatic N) is 1. The maximum Gasteiger partial charge on any atom is 0.252 e. The van der Waals surface area contributed by atoms with Gasteiger partial charge < -0.3 is 5.32 Å². The average Bonchev–Trinajstić information content (AvgIpc) is 2.74. The van der Waals surface area contributed by atoms with E-state index in [2.05, 4.69) is 12.2 Å². The molecule has 0 bridgehead atoms. The Bertz CT molecular complexity index is 930. The van der Waals surface area contributed by atoms with E-state index in [9.17, 15) is 4.79 Å². The monoisotopic (exact) mass is 358 g/mol. The smallest absolute Gasteiger partial charge is 0.252 e. The lowest BCUT2D eigenvalue weighted by Crippen LogP contribution is -2.39. The van der Waals surface area contributed by atoms with E-state index in [4.69, 9.17) is 4.98 Å². The van der Waals surface area contributed by atoms with Crippen LogP contribution in [-0.4, -0.2) is 16.9 Å². The molecule has 1 fully saturated rings. The maximum atomic E-state index is 13.2. The van der Waals surface area contributed by atoms with Crippen LogP contribution < -0.4 is 5.32 Å². The highest BCUT2D eigenvalue weighted by Gasteiger charge is 2.23. The summed E-state index contributed by atoms with van der Waals surface area (Å²) in [5.41, 5.74) is 3.43. The van der Waals surface area contributed by atoms with Gasteiger partial charge in [0.05, 0.1) is 16.8 Å². The summed E-state index contributed by atoms with van der Waals surface area (Å²) in [5, 5.41) is 4.18. The lowest BCUT2D eigenvalue weighted by atomic mass is 9.84. The van der Waals surface area contributed by atoms with Crippen molar-refractivity contribution in [2.24, 2.45) is 5.92 Å². The SMILES string of the molecule is C[C@H](NC(=O)c1cc(-c2ccccc2)nc2ccccc12)C1CCCCC1. The highest BCUT2D eigenvalue weighted by Crippen LogP contribution is 2.28. The number of rotatable bonds is 4. The van der Waals surface area contributed by atoms with Crippen molar-refractivity contribution in [1.82, 2.24) is 10.3 Å². The fraction of sp³-hybridized carbons (Fsp3) is 0.333. The molecule has 0 radical (unpaired) electrons. The largest absolute Gasteiger partial charge is 0.349 e. The number of fused-ring (bicyclic) bond motifs is 1. The summed E-state index contributed by atoms with van der Waals surface area (Å²) in [7, 11) is 0. The minimum atomic E-state index is 0.00357. The molecule has 0 aliphatic heterocycles. The first-order chi connectivity index (χ1) is 13.2. The summed E-state index contributed by atoms with van der Waals surface area (Å²) in [4.78, 5) is 17.9. The predicted octanol–water partition coefficient (Wildman–Crippen LogP) is 5.60. The molecule has 1 aromatic heterocycles. The van der Waals surface area contributed by atoms with E-state index in [0.29, 0.717) is 11.5 Å². The van der Waals surface area contributed by atoms with Crippen LogP contribution in [0.15, 0.2) is 60.7 Å². The minimum Gasteiger partial charge on any atom is -0.349 e. The Morgan fingerprint density at radius 2 is 1.70 bits per heavy atom. The number of para-hydroxylation sites is 1. The van der Waals surface area contributed by atoms with Crippen LogP contribution in [0, 0.1) is 5.92 Å². The molecule has 0 spiro atoms. The number of hydrogen-bond acceptors (Lipinski definition) is 2. The van der Waals surface area contributed by atoms with Crippen LogP contribution in [0.25, 0.3) is 22.2 Å². The molecule has 27 heavy (non-hydrogen) atoms. The minimum absolute atomic E-state index is 0.00357. The molecule has 3 heteroatoms. The quantitative estimate of drug-likeness (QED) is 0.659. The van der Waals surface area contributed by atoms with Crippen molar-refractivity contribution >= 4 is 16.8 Å². The van der Waals surface area contributed by atoms with Gasteiger partial charge in [-0.15, -0.1) is 0 Å². The number of hydrogen-bond donors (Lipinski definition) is 1. The Morgan fingerprint density at radius 3 is 2.48 bits per heavy atom. The summed E-state index contributed by atoms with van der Waals surface area (Å²) in [5.74, 6) is 0.591. The van der Waals surface area contributed by atoms with Gasteiger partial charge in [-0.05, 0) is 37.8 Å². The zero-order chi connectivity index (χ0) is 18.6. The molecule has 3 nitrogen and oxygen atoms in total. The van der Waals surface area contributed by atoms with E-state index in [0.717, 1.165) is 22.2 Å². The van der Waals surface area contributed by atoms with Gasteiger partial charge in [0.1, 0.15) is 0 Å². The first-order valence-electron chi connectivity index (χ1n) is 9.98. The van der Waals surface area contributed by atoms with Crippen LogP contribution in [0.4, 0.5) is 0 Å². The first kappa shape index (κ1) is 17.7. The maximum absolute atomic E-state index is 13.2. The second-order valence-electron chi connectivity index (χ2n) is 7.60. The van der Waals surface area contributed by atoms with Crippen LogP contribution >= 0.6 is 0 Å². The molecule has 4 rings (SSSR count). The molecule has 1 N–H and O–H groups in total. The summed E-state index contributed by atoms with van der Waals surface area (Å²) >= 11 is 0. The second-order valence-corrected chi connectivity index (χ2v) is 7.60. The van der Waals surface area contributed by atoms with Gasteiger partial charge in [-0.3, -0.25) is 4.79 Å². The van der Waals surface area contributed by atoms with Crippen LogP contribution in [0.3, 0.4) is 0 Å². The van der Waals surface area contributed by atoms with E-state index in [1.54, 1.807) is 0 Å². The van der Waals surface area contributed by atoms with Crippen LogP contribution in [0.2, 0.25) is 0 Å². The Labute approximate surface area is 160 Å². The Morgan fingerprint density at radius 1 is 1.00 bits per heavy atom. The summed E-state index contributed by atoms with van der Waals surface area (Å²) < 4.78 is 0. The fourth-order valence-electron chi connectivity index (χ4n) is 4.16. The number of aromatic nitrogens is 1. The molecule has 2 aromatic carbocycles. The third-order valence-corrected chi connectivity index (χ3v) is 5.75. The third kappa shape index (κ3) is 3.87. The third-order valence-electron chi connectivity index (χ3n) is 5.75. The van der Waals surface area contributed by atoms with Gasteiger partial charge in [-0.25, -0.2) is 4.98 Å². The molecule has 1 saturated carbocycles. The van der Waals surface area contributed by atoms with Gasteiger partial charge in [0.25, 0.3) is 5.91 Å². The molecule has 1 aliphatic rings. The van der Waals surface area contributed by atoms with Gasteiger partial charge in [-0.2, -0.15) is 0 Å². The van der Waals surface area contributed by atoms with Crippen molar-refractivity contribution in [1.29, 1.82) is 0 Å². The Balaban J connectivity index is 1.68. The fourth-order valence-corrected chi connectivity index (χ4v) is 4.16. The predicted molar refractivity (Wildman–Crippen MR) is 111 cm³/mol. The Hall–Kier alpha value is -2.68. The van der Waals surface area contributed by atoms with Crippen molar-refractivity contribution in [3.05, 3.63) is 66.2 Å². The highest BCUT2D eigenvalue weighted by atomic mass is 16.1. The van der Waals surface area contributed by atoms with Crippen LogP contribution in [0.5, 0.6) is 0 Å². The lowest BCUT2D eigenvalue weighted by molar-refractivity contribution is 0.0921. The molecule has 0 saturated heterocycles. The number of amides is 1. The summed E-state index contributed by atoms with van der Waals surface area (Å²) in [6.45, 7) is 2.15. The molecule has 0 unspecified atom stereocenters. The van der Waals surface area contributed by atoms with Gasteiger partial charge >= 0.3 is 0 Å². The molecule has 3 aromatic rings. The number of nitrogens with one attached hydrogen (secondary N) is 1. The van der Waals surface area contributed by atoms with Crippen molar-refractivity contribution in [2.75, 3.05) is 0 Å². The number of benzene rings is 2. The van der Waals surface area contributed by atoms with Gasteiger partial charge in [-0.1, -0.05) is 67.8 Å². The highest BCUT2D eigenvalue weighted by molar-refractivity contribution is 6.07. The normalized spacial score (nSPS) is 16.2. The van der Waals surface area contributed by atoms with Gasteiger partial charge in [0.15, 0.2) is 0 Å². The van der Waals surface area contributed by atoms with Gasteiger partial charge in [0, 0.05) is 17.0 Å². The zero-order valence-electron chi connectivity index (χ0n) is 15.8. The number of carbonyl (C=O) groups excluding carboxylic acids is 1. The Kier molecular flexibility index (Phi) is 5.19. The van der Waals surface area contributed by atoms with Crippen LogP contribution in [0.1, 0.15) is 49.4 Å². The topological polar surface area (TPSA) is 42.0 Å².